The van der Waals surface area contributed by atoms with Crippen molar-refractivity contribution in [3.63, 3.8) is 0 Å². The fourth-order valence-electron chi connectivity index (χ4n) is 2.97. The standard InChI is InChI=1S/C18H20N2O/c1-13-9-10-15(12-16(13)19)18(21)20-11-5-8-17(20)14-6-3-2-4-7-14/h2-4,6-7,9-10,12,17H,5,8,11,19H2,1H3. The first kappa shape index (κ1) is 13.7. The first-order valence-corrected chi connectivity index (χ1v) is 7.39. The van der Waals surface area contributed by atoms with Gasteiger partial charge in [0.1, 0.15) is 0 Å². The third-order valence-electron chi connectivity index (χ3n) is 4.22. The summed E-state index contributed by atoms with van der Waals surface area (Å²) in [5, 5.41) is 0. The van der Waals surface area contributed by atoms with E-state index in [4.69, 9.17) is 5.73 Å². The lowest BCUT2D eigenvalue weighted by atomic mass is 10.0. The van der Waals surface area contributed by atoms with Crippen LogP contribution in [0.2, 0.25) is 0 Å². The highest BCUT2D eigenvalue weighted by Gasteiger charge is 2.30. The molecule has 3 rings (SSSR count). The third-order valence-corrected chi connectivity index (χ3v) is 4.22. The normalized spacial score (nSPS) is 18.0. The highest BCUT2D eigenvalue weighted by Crippen LogP contribution is 2.33. The molecule has 1 saturated heterocycles. The number of hydrogen-bond acceptors (Lipinski definition) is 2. The van der Waals surface area contributed by atoms with Gasteiger partial charge in [-0.1, -0.05) is 36.4 Å². The zero-order valence-corrected chi connectivity index (χ0v) is 12.3. The van der Waals surface area contributed by atoms with Gasteiger partial charge in [0.05, 0.1) is 6.04 Å². The maximum atomic E-state index is 12.8. The molecule has 0 spiro atoms. The number of nitrogens with two attached hydrogens (primary N) is 1. The number of likely N-dealkylation sites (tertiary alicyclic amines) is 1. The number of benzene rings is 2. The zero-order chi connectivity index (χ0) is 14.8. The monoisotopic (exact) mass is 280 g/mol. The summed E-state index contributed by atoms with van der Waals surface area (Å²) in [6.45, 7) is 2.76. The fraction of sp³-hybridized carbons (Fsp3) is 0.278. The van der Waals surface area contributed by atoms with Crippen LogP contribution < -0.4 is 5.73 Å². The molecule has 3 heteroatoms. The number of carbonyl (C=O) groups is 1. The molecule has 2 N–H and O–H groups in total. The van der Waals surface area contributed by atoms with Crippen LogP contribution in [0.25, 0.3) is 0 Å². The van der Waals surface area contributed by atoms with Gasteiger partial charge in [0.25, 0.3) is 5.91 Å². The van der Waals surface area contributed by atoms with Crippen molar-refractivity contribution in [3.8, 4) is 0 Å². The minimum Gasteiger partial charge on any atom is -0.398 e. The van der Waals surface area contributed by atoms with Gasteiger partial charge in [0, 0.05) is 17.8 Å². The van der Waals surface area contributed by atoms with Crippen molar-refractivity contribution >= 4 is 11.6 Å². The first-order chi connectivity index (χ1) is 10.2. The van der Waals surface area contributed by atoms with Gasteiger partial charge < -0.3 is 10.6 Å². The number of hydrogen-bond donors (Lipinski definition) is 1. The number of rotatable bonds is 2. The van der Waals surface area contributed by atoms with Gasteiger partial charge in [-0.2, -0.15) is 0 Å². The molecule has 0 aliphatic carbocycles. The van der Waals surface area contributed by atoms with Crippen molar-refractivity contribution in [2.75, 3.05) is 12.3 Å². The SMILES string of the molecule is Cc1ccc(C(=O)N2CCCC2c2ccccc2)cc1N. The van der Waals surface area contributed by atoms with E-state index in [-0.39, 0.29) is 11.9 Å². The van der Waals surface area contributed by atoms with Crippen LogP contribution in [0.3, 0.4) is 0 Å². The van der Waals surface area contributed by atoms with Crippen LogP contribution in [0.4, 0.5) is 5.69 Å². The molecular weight excluding hydrogens is 260 g/mol. The quantitative estimate of drug-likeness (QED) is 0.855. The number of nitrogen functional groups attached to an aromatic ring is 1. The summed E-state index contributed by atoms with van der Waals surface area (Å²) in [6.07, 6.45) is 2.07. The van der Waals surface area contributed by atoms with Gasteiger partial charge in [-0.05, 0) is 43.0 Å². The van der Waals surface area contributed by atoms with Crippen molar-refractivity contribution in [1.29, 1.82) is 0 Å². The van der Waals surface area contributed by atoms with Gasteiger partial charge in [0.15, 0.2) is 0 Å². The maximum absolute atomic E-state index is 12.8. The number of carbonyl (C=O) groups excluding carboxylic acids is 1. The van der Waals surface area contributed by atoms with E-state index >= 15 is 0 Å². The Morgan fingerprint density at radius 1 is 1.19 bits per heavy atom. The summed E-state index contributed by atoms with van der Waals surface area (Å²) in [5.41, 5.74) is 9.51. The Morgan fingerprint density at radius 2 is 1.95 bits per heavy atom. The Morgan fingerprint density at radius 3 is 2.67 bits per heavy atom. The topological polar surface area (TPSA) is 46.3 Å². The predicted molar refractivity (Wildman–Crippen MR) is 85.0 cm³/mol. The Balaban J connectivity index is 1.88. The lowest BCUT2D eigenvalue weighted by Crippen LogP contribution is -2.30. The summed E-state index contributed by atoms with van der Waals surface area (Å²) in [4.78, 5) is 14.7. The molecule has 1 aliphatic rings. The molecular formula is C18H20N2O. The molecule has 3 nitrogen and oxygen atoms in total. The molecule has 1 heterocycles. The molecule has 1 aliphatic heterocycles. The molecule has 1 fully saturated rings. The van der Waals surface area contributed by atoms with E-state index in [0.29, 0.717) is 11.3 Å². The van der Waals surface area contributed by atoms with Crippen LogP contribution in [0.5, 0.6) is 0 Å². The van der Waals surface area contributed by atoms with Crippen LogP contribution in [0.1, 0.15) is 40.4 Å². The Kier molecular flexibility index (Phi) is 3.65. The molecule has 2 aromatic carbocycles. The highest BCUT2D eigenvalue weighted by molar-refractivity contribution is 5.95. The van der Waals surface area contributed by atoms with Crippen LogP contribution in [-0.4, -0.2) is 17.4 Å². The average Bonchev–Trinajstić information content (AvgIpc) is 2.99. The first-order valence-electron chi connectivity index (χ1n) is 7.39. The van der Waals surface area contributed by atoms with Crippen molar-refractivity contribution in [2.45, 2.75) is 25.8 Å². The van der Waals surface area contributed by atoms with Crippen LogP contribution in [-0.2, 0) is 0 Å². The van der Waals surface area contributed by atoms with E-state index < -0.39 is 0 Å². The summed E-state index contributed by atoms with van der Waals surface area (Å²) >= 11 is 0. The van der Waals surface area contributed by atoms with E-state index in [9.17, 15) is 4.79 Å². The predicted octanol–water partition coefficient (Wildman–Crippen LogP) is 3.55. The van der Waals surface area contributed by atoms with E-state index in [2.05, 4.69) is 12.1 Å². The second kappa shape index (κ2) is 5.60. The van der Waals surface area contributed by atoms with Gasteiger partial charge >= 0.3 is 0 Å². The second-order valence-electron chi connectivity index (χ2n) is 5.64. The summed E-state index contributed by atoms with van der Waals surface area (Å²) in [5.74, 6) is 0.0769. The van der Waals surface area contributed by atoms with Crippen molar-refractivity contribution in [2.24, 2.45) is 0 Å². The van der Waals surface area contributed by atoms with E-state index in [1.807, 2.05) is 42.2 Å². The van der Waals surface area contributed by atoms with Gasteiger partial charge in [-0.25, -0.2) is 0 Å². The second-order valence-corrected chi connectivity index (χ2v) is 5.64. The summed E-state index contributed by atoms with van der Waals surface area (Å²) in [6, 6.07) is 16.0. The molecule has 1 unspecified atom stereocenters. The molecule has 1 atom stereocenters. The van der Waals surface area contributed by atoms with Crippen LogP contribution >= 0.6 is 0 Å². The summed E-state index contributed by atoms with van der Waals surface area (Å²) < 4.78 is 0. The number of anilines is 1. The molecule has 0 bridgehead atoms. The van der Waals surface area contributed by atoms with E-state index in [0.717, 1.165) is 24.9 Å². The minimum absolute atomic E-state index is 0.0769. The molecule has 108 valence electrons. The number of aryl methyl sites for hydroxylation is 1. The molecule has 0 radical (unpaired) electrons. The smallest absolute Gasteiger partial charge is 0.254 e. The number of amides is 1. The van der Waals surface area contributed by atoms with Gasteiger partial charge in [-0.15, -0.1) is 0 Å². The third kappa shape index (κ3) is 2.64. The lowest BCUT2D eigenvalue weighted by molar-refractivity contribution is 0.0735. The van der Waals surface area contributed by atoms with E-state index in [1.54, 1.807) is 6.07 Å². The van der Waals surface area contributed by atoms with Crippen LogP contribution in [0.15, 0.2) is 48.5 Å². The van der Waals surface area contributed by atoms with Crippen molar-refractivity contribution < 1.29 is 4.79 Å². The minimum atomic E-state index is 0.0769. The van der Waals surface area contributed by atoms with Crippen molar-refractivity contribution in [3.05, 3.63) is 65.2 Å². The molecule has 1 amide bonds. The molecule has 0 saturated carbocycles. The molecule has 0 aromatic heterocycles. The highest BCUT2D eigenvalue weighted by atomic mass is 16.2. The average molecular weight is 280 g/mol. The van der Waals surface area contributed by atoms with Gasteiger partial charge in [0.2, 0.25) is 0 Å². The fourth-order valence-corrected chi connectivity index (χ4v) is 2.97. The largest absolute Gasteiger partial charge is 0.398 e. The number of nitrogens with zero attached hydrogens (tertiary/aromatic N) is 1. The van der Waals surface area contributed by atoms with E-state index in [1.165, 1.54) is 5.56 Å². The summed E-state index contributed by atoms with van der Waals surface area (Å²) in [7, 11) is 0. The van der Waals surface area contributed by atoms with Crippen molar-refractivity contribution in [1.82, 2.24) is 4.90 Å². The Labute approximate surface area is 125 Å². The lowest BCUT2D eigenvalue weighted by Gasteiger charge is -2.25. The Bertz CT molecular complexity index is 652. The molecule has 2 aromatic rings. The maximum Gasteiger partial charge on any atom is 0.254 e. The molecule has 21 heavy (non-hydrogen) atoms. The zero-order valence-electron chi connectivity index (χ0n) is 12.3. The Hall–Kier alpha value is -2.29. The van der Waals surface area contributed by atoms with Crippen LogP contribution in [0, 0.1) is 6.92 Å². The van der Waals surface area contributed by atoms with Gasteiger partial charge in [-0.3, -0.25) is 4.79 Å².